The van der Waals surface area contributed by atoms with Crippen LogP contribution in [0.5, 0.6) is 0 Å². The molecule has 1 saturated carbocycles. The second kappa shape index (κ2) is 7.28. The Balaban J connectivity index is 1.69. The Morgan fingerprint density at radius 2 is 1.86 bits per heavy atom. The van der Waals surface area contributed by atoms with Crippen LogP contribution in [0.1, 0.15) is 62.0 Å². The van der Waals surface area contributed by atoms with Gasteiger partial charge in [-0.05, 0) is 62.7 Å². The minimum Gasteiger partial charge on any atom is -0.324 e. The highest BCUT2D eigenvalue weighted by molar-refractivity contribution is 5.94. The first-order valence-corrected chi connectivity index (χ1v) is 8.86. The van der Waals surface area contributed by atoms with E-state index in [0.717, 1.165) is 18.8 Å². The molecule has 1 aliphatic carbocycles. The third kappa shape index (κ3) is 3.70. The minimum atomic E-state index is 0.149. The highest BCUT2D eigenvalue weighted by atomic mass is 16.2. The predicted octanol–water partition coefficient (Wildman–Crippen LogP) is 4.08. The van der Waals surface area contributed by atoms with E-state index in [9.17, 15) is 4.79 Å². The van der Waals surface area contributed by atoms with Crippen LogP contribution in [-0.4, -0.2) is 30.4 Å². The summed E-state index contributed by atoms with van der Waals surface area (Å²) in [6, 6.07) is 6.44. The van der Waals surface area contributed by atoms with Gasteiger partial charge in [0.05, 0.1) is 6.54 Å². The zero-order valence-corrected chi connectivity index (χ0v) is 13.7. The van der Waals surface area contributed by atoms with Crippen molar-refractivity contribution < 1.29 is 4.79 Å². The molecule has 3 heteroatoms. The number of carbonyl (C=O) groups excluding carboxylic acids is 1. The molecule has 3 nitrogen and oxygen atoms in total. The molecule has 0 radical (unpaired) electrons. The summed E-state index contributed by atoms with van der Waals surface area (Å²) in [6.45, 7) is 4.78. The molecule has 22 heavy (non-hydrogen) atoms. The van der Waals surface area contributed by atoms with Gasteiger partial charge in [0.25, 0.3) is 0 Å². The number of para-hydroxylation sites is 1. The van der Waals surface area contributed by atoms with Gasteiger partial charge in [0, 0.05) is 5.69 Å². The number of amides is 1. The van der Waals surface area contributed by atoms with Crippen molar-refractivity contribution in [3.63, 3.8) is 0 Å². The number of nitrogens with one attached hydrogen (secondary N) is 1. The molecule has 1 aliphatic heterocycles. The number of carbonyl (C=O) groups is 1. The fourth-order valence-electron chi connectivity index (χ4n) is 3.94. The number of hydrogen-bond donors (Lipinski definition) is 1. The molecule has 0 aromatic heterocycles. The first-order chi connectivity index (χ1) is 10.7. The summed E-state index contributed by atoms with van der Waals surface area (Å²) in [4.78, 5) is 14.7. The predicted molar refractivity (Wildman–Crippen MR) is 91.3 cm³/mol. The summed E-state index contributed by atoms with van der Waals surface area (Å²) in [7, 11) is 0. The van der Waals surface area contributed by atoms with Crippen molar-refractivity contribution >= 4 is 11.6 Å². The number of rotatable bonds is 4. The monoisotopic (exact) mass is 300 g/mol. The average Bonchev–Trinajstić information content (AvgIpc) is 3.04. The van der Waals surface area contributed by atoms with E-state index in [0.29, 0.717) is 12.5 Å². The Morgan fingerprint density at radius 3 is 2.59 bits per heavy atom. The van der Waals surface area contributed by atoms with Gasteiger partial charge in [-0.15, -0.1) is 0 Å². The Labute approximate surface area is 134 Å². The maximum absolute atomic E-state index is 12.4. The lowest BCUT2D eigenvalue weighted by Crippen LogP contribution is -2.37. The fraction of sp³-hybridized carbons (Fsp3) is 0.632. The molecular weight excluding hydrogens is 272 g/mol. The van der Waals surface area contributed by atoms with Crippen molar-refractivity contribution in [1.82, 2.24) is 4.90 Å². The third-order valence-electron chi connectivity index (χ3n) is 5.18. The maximum Gasteiger partial charge on any atom is 0.238 e. The van der Waals surface area contributed by atoms with Crippen LogP contribution in [0.15, 0.2) is 18.2 Å². The van der Waals surface area contributed by atoms with Crippen LogP contribution in [0.2, 0.25) is 0 Å². The summed E-state index contributed by atoms with van der Waals surface area (Å²) in [5.41, 5.74) is 3.62. The van der Waals surface area contributed by atoms with Crippen LogP contribution in [-0.2, 0) is 4.79 Å². The number of hydrogen-bond acceptors (Lipinski definition) is 2. The van der Waals surface area contributed by atoms with Gasteiger partial charge in [0.1, 0.15) is 0 Å². The van der Waals surface area contributed by atoms with Gasteiger partial charge in [-0.1, -0.05) is 37.5 Å². The molecule has 1 aromatic rings. The Bertz CT molecular complexity index is 514. The van der Waals surface area contributed by atoms with Crippen molar-refractivity contribution in [1.29, 1.82) is 0 Å². The Kier molecular flexibility index (Phi) is 5.14. The second-order valence-electron chi connectivity index (χ2n) is 6.91. The number of anilines is 1. The van der Waals surface area contributed by atoms with E-state index < -0.39 is 0 Å². The number of benzene rings is 1. The summed E-state index contributed by atoms with van der Waals surface area (Å²) < 4.78 is 0. The molecular formula is C19H28N2O. The van der Waals surface area contributed by atoms with Crippen molar-refractivity contribution in [2.75, 3.05) is 25.0 Å². The standard InChI is InChI=1S/C19H28N2O/c1-15-8-7-11-17(16-9-3-4-10-16)19(15)20-18(22)14-21-12-5-2-6-13-21/h7-8,11,16H,2-6,9-10,12-14H2,1H3,(H,20,22). The minimum absolute atomic E-state index is 0.149. The molecule has 120 valence electrons. The highest BCUT2D eigenvalue weighted by Crippen LogP contribution is 2.38. The first kappa shape index (κ1) is 15.5. The lowest BCUT2D eigenvalue weighted by molar-refractivity contribution is -0.117. The van der Waals surface area contributed by atoms with Crippen LogP contribution in [0, 0.1) is 6.92 Å². The van der Waals surface area contributed by atoms with Gasteiger partial charge in [-0.25, -0.2) is 0 Å². The van der Waals surface area contributed by atoms with E-state index >= 15 is 0 Å². The lowest BCUT2D eigenvalue weighted by atomic mass is 9.94. The number of piperidine rings is 1. The van der Waals surface area contributed by atoms with Crippen molar-refractivity contribution in [2.24, 2.45) is 0 Å². The zero-order chi connectivity index (χ0) is 15.4. The summed E-state index contributed by atoms with van der Waals surface area (Å²) in [5, 5.41) is 3.22. The number of aryl methyl sites for hydroxylation is 1. The first-order valence-electron chi connectivity index (χ1n) is 8.86. The average molecular weight is 300 g/mol. The van der Waals surface area contributed by atoms with E-state index in [4.69, 9.17) is 0 Å². The van der Waals surface area contributed by atoms with Gasteiger partial charge in [-0.3, -0.25) is 9.69 Å². The smallest absolute Gasteiger partial charge is 0.238 e. The Hall–Kier alpha value is -1.35. The van der Waals surface area contributed by atoms with Gasteiger partial charge in [0.2, 0.25) is 5.91 Å². The third-order valence-corrected chi connectivity index (χ3v) is 5.18. The second-order valence-corrected chi connectivity index (χ2v) is 6.91. The molecule has 0 unspecified atom stereocenters. The van der Waals surface area contributed by atoms with E-state index in [2.05, 4.69) is 35.3 Å². The van der Waals surface area contributed by atoms with Gasteiger partial charge in [0.15, 0.2) is 0 Å². The fourth-order valence-corrected chi connectivity index (χ4v) is 3.94. The van der Waals surface area contributed by atoms with Crippen molar-refractivity contribution in [3.05, 3.63) is 29.3 Å². The van der Waals surface area contributed by atoms with Crippen LogP contribution >= 0.6 is 0 Å². The SMILES string of the molecule is Cc1cccc(C2CCCC2)c1NC(=O)CN1CCCCC1. The van der Waals surface area contributed by atoms with E-state index in [1.807, 2.05) is 0 Å². The molecule has 1 N–H and O–H groups in total. The van der Waals surface area contributed by atoms with Crippen LogP contribution in [0.25, 0.3) is 0 Å². The van der Waals surface area contributed by atoms with Crippen LogP contribution in [0.4, 0.5) is 5.69 Å². The molecule has 0 spiro atoms. The topological polar surface area (TPSA) is 32.3 Å². The number of likely N-dealkylation sites (tertiary alicyclic amines) is 1. The molecule has 1 saturated heterocycles. The summed E-state index contributed by atoms with van der Waals surface area (Å²) >= 11 is 0. The molecule has 3 rings (SSSR count). The lowest BCUT2D eigenvalue weighted by Gasteiger charge is -2.26. The zero-order valence-electron chi connectivity index (χ0n) is 13.7. The normalized spacial score (nSPS) is 20.2. The molecule has 2 fully saturated rings. The van der Waals surface area contributed by atoms with E-state index in [1.54, 1.807) is 0 Å². The maximum atomic E-state index is 12.4. The molecule has 0 atom stereocenters. The van der Waals surface area contributed by atoms with E-state index in [-0.39, 0.29) is 5.91 Å². The molecule has 1 heterocycles. The van der Waals surface area contributed by atoms with Gasteiger partial charge >= 0.3 is 0 Å². The largest absolute Gasteiger partial charge is 0.324 e. The molecule has 1 aromatic carbocycles. The molecule has 2 aliphatic rings. The Morgan fingerprint density at radius 1 is 1.14 bits per heavy atom. The van der Waals surface area contributed by atoms with Crippen LogP contribution < -0.4 is 5.32 Å². The molecule has 1 amide bonds. The van der Waals surface area contributed by atoms with Gasteiger partial charge < -0.3 is 5.32 Å². The van der Waals surface area contributed by atoms with E-state index in [1.165, 1.54) is 56.1 Å². The molecule has 0 bridgehead atoms. The quantitative estimate of drug-likeness (QED) is 0.909. The van der Waals surface area contributed by atoms with Crippen molar-refractivity contribution in [2.45, 2.75) is 57.8 Å². The highest BCUT2D eigenvalue weighted by Gasteiger charge is 2.22. The summed E-state index contributed by atoms with van der Waals surface area (Å²) in [6.07, 6.45) is 8.92. The summed E-state index contributed by atoms with van der Waals surface area (Å²) in [5.74, 6) is 0.778. The number of nitrogens with zero attached hydrogens (tertiary/aromatic N) is 1. The van der Waals surface area contributed by atoms with Gasteiger partial charge in [-0.2, -0.15) is 0 Å². The van der Waals surface area contributed by atoms with Crippen LogP contribution in [0.3, 0.4) is 0 Å². The van der Waals surface area contributed by atoms with Crippen molar-refractivity contribution in [3.8, 4) is 0 Å².